The number of fused-ring (bicyclic) bond motifs is 1. The van der Waals surface area contributed by atoms with Crippen molar-refractivity contribution >= 4 is 27.0 Å². The molecule has 1 aliphatic heterocycles. The molecular weight excluding hydrogens is 368 g/mol. The number of hydrogen-bond donors (Lipinski definition) is 0. The van der Waals surface area contributed by atoms with Crippen molar-refractivity contribution in [3.8, 4) is 0 Å². The number of aromatic nitrogens is 3. The van der Waals surface area contributed by atoms with E-state index in [1.165, 1.54) is 19.3 Å². The average Bonchev–Trinajstić information content (AvgIpc) is 2.61. The Morgan fingerprint density at radius 1 is 1.25 bits per heavy atom. The van der Waals surface area contributed by atoms with Gasteiger partial charge in [-0.05, 0) is 61.3 Å². The maximum absolute atomic E-state index is 13.0. The van der Waals surface area contributed by atoms with Crippen molar-refractivity contribution in [3.63, 3.8) is 0 Å². The molecule has 0 aliphatic carbocycles. The summed E-state index contributed by atoms with van der Waals surface area (Å²) in [6.45, 7) is 7.04. The van der Waals surface area contributed by atoms with Gasteiger partial charge in [0.2, 0.25) is 0 Å². The van der Waals surface area contributed by atoms with Crippen molar-refractivity contribution in [2.75, 3.05) is 13.1 Å². The van der Waals surface area contributed by atoms with E-state index < -0.39 is 0 Å². The van der Waals surface area contributed by atoms with Gasteiger partial charge in [0.25, 0.3) is 5.56 Å². The van der Waals surface area contributed by atoms with Crippen LogP contribution in [0.4, 0.5) is 0 Å². The van der Waals surface area contributed by atoms with E-state index in [0.717, 1.165) is 36.2 Å². The van der Waals surface area contributed by atoms with E-state index in [9.17, 15) is 4.79 Å². The van der Waals surface area contributed by atoms with Crippen LogP contribution in [0.25, 0.3) is 11.0 Å². The van der Waals surface area contributed by atoms with Gasteiger partial charge in [0.05, 0.1) is 11.4 Å². The molecule has 6 heteroatoms. The van der Waals surface area contributed by atoms with Gasteiger partial charge < -0.3 is 0 Å². The Balaban J connectivity index is 2.14. The van der Waals surface area contributed by atoms with Gasteiger partial charge in [-0.1, -0.05) is 19.8 Å². The Morgan fingerprint density at radius 3 is 2.67 bits per heavy atom. The number of pyridine rings is 1. The lowest BCUT2D eigenvalue weighted by Crippen LogP contribution is -2.38. The Hall–Kier alpha value is -1.27. The third kappa shape index (κ3) is 3.40. The highest BCUT2D eigenvalue weighted by Crippen LogP contribution is 2.28. The fourth-order valence-electron chi connectivity index (χ4n) is 3.64. The molecule has 0 spiro atoms. The highest BCUT2D eigenvalue weighted by Gasteiger charge is 2.26. The first-order valence-corrected chi connectivity index (χ1v) is 9.75. The Kier molecular flexibility index (Phi) is 5.66. The average molecular weight is 393 g/mol. The lowest BCUT2D eigenvalue weighted by atomic mass is 10.0. The summed E-state index contributed by atoms with van der Waals surface area (Å²) in [6.07, 6.45) is 7.58. The number of rotatable bonds is 5. The molecule has 0 radical (unpaired) electrons. The normalized spacial score (nSPS) is 17.3. The molecule has 1 saturated heterocycles. The Bertz CT molecular complexity index is 767. The fraction of sp³-hybridized carbons (Fsp3) is 0.611. The van der Waals surface area contributed by atoms with Crippen LogP contribution < -0.4 is 5.56 Å². The zero-order chi connectivity index (χ0) is 17.1. The molecule has 1 atom stereocenters. The molecule has 3 heterocycles. The maximum Gasteiger partial charge on any atom is 0.263 e. The van der Waals surface area contributed by atoms with Crippen molar-refractivity contribution in [2.24, 2.45) is 0 Å². The zero-order valence-electron chi connectivity index (χ0n) is 14.5. The van der Waals surface area contributed by atoms with Crippen LogP contribution in [0.2, 0.25) is 0 Å². The second kappa shape index (κ2) is 7.74. The summed E-state index contributed by atoms with van der Waals surface area (Å²) in [5.74, 6) is 0.883. The minimum Gasteiger partial charge on any atom is -0.295 e. The first-order chi connectivity index (χ1) is 11.7. The molecule has 0 amide bonds. The maximum atomic E-state index is 13.0. The third-order valence-electron chi connectivity index (χ3n) is 4.81. The van der Waals surface area contributed by atoms with E-state index in [-0.39, 0.29) is 11.6 Å². The van der Waals surface area contributed by atoms with E-state index in [0.29, 0.717) is 17.6 Å². The fourth-order valence-corrected chi connectivity index (χ4v) is 3.97. The van der Waals surface area contributed by atoms with Crippen molar-refractivity contribution in [1.29, 1.82) is 0 Å². The minimum absolute atomic E-state index is 0.0180. The molecule has 0 saturated carbocycles. The van der Waals surface area contributed by atoms with Crippen LogP contribution >= 0.6 is 15.9 Å². The van der Waals surface area contributed by atoms with E-state index >= 15 is 0 Å². The van der Waals surface area contributed by atoms with Crippen molar-refractivity contribution < 1.29 is 0 Å². The standard InChI is InChI=1S/C18H25BrN4O/c1-3-8-15(22-9-6-5-7-10-22)17-21-16-14(11-13(19)12-20-16)18(24)23(17)4-2/h11-12,15H,3-10H2,1-2H3. The Morgan fingerprint density at radius 2 is 2.00 bits per heavy atom. The summed E-state index contributed by atoms with van der Waals surface area (Å²) in [5.41, 5.74) is 0.574. The summed E-state index contributed by atoms with van der Waals surface area (Å²) in [6, 6.07) is 2.03. The minimum atomic E-state index is 0.0180. The molecule has 0 aromatic carbocycles. The molecule has 3 rings (SSSR count). The Labute approximate surface area is 151 Å². The summed E-state index contributed by atoms with van der Waals surface area (Å²) >= 11 is 3.40. The van der Waals surface area contributed by atoms with Crippen LogP contribution in [0.3, 0.4) is 0 Å². The molecule has 0 bridgehead atoms. The van der Waals surface area contributed by atoms with Gasteiger partial charge >= 0.3 is 0 Å². The largest absolute Gasteiger partial charge is 0.295 e. The zero-order valence-corrected chi connectivity index (χ0v) is 16.0. The SMILES string of the molecule is CCCC(c1nc2ncc(Br)cc2c(=O)n1CC)N1CCCCC1. The predicted octanol–water partition coefficient (Wildman–Crippen LogP) is 3.90. The van der Waals surface area contributed by atoms with Crippen molar-refractivity contribution in [2.45, 2.75) is 58.5 Å². The van der Waals surface area contributed by atoms with Gasteiger partial charge in [-0.3, -0.25) is 14.3 Å². The summed E-state index contributed by atoms with van der Waals surface area (Å²) < 4.78 is 2.65. The molecule has 5 nitrogen and oxygen atoms in total. The predicted molar refractivity (Wildman–Crippen MR) is 100 cm³/mol. The molecular formula is C18H25BrN4O. The van der Waals surface area contributed by atoms with Gasteiger partial charge in [-0.15, -0.1) is 0 Å². The third-order valence-corrected chi connectivity index (χ3v) is 5.25. The molecule has 2 aromatic heterocycles. The second-order valence-corrected chi connectivity index (χ2v) is 7.36. The second-order valence-electron chi connectivity index (χ2n) is 6.45. The number of piperidine rings is 1. The van der Waals surface area contributed by atoms with Crippen LogP contribution in [0.5, 0.6) is 0 Å². The number of halogens is 1. The van der Waals surface area contributed by atoms with Gasteiger partial charge in [-0.25, -0.2) is 9.97 Å². The first-order valence-electron chi connectivity index (χ1n) is 8.95. The monoisotopic (exact) mass is 392 g/mol. The summed E-state index contributed by atoms with van der Waals surface area (Å²) in [4.78, 5) is 24.7. The van der Waals surface area contributed by atoms with Gasteiger partial charge in [0.1, 0.15) is 5.82 Å². The topological polar surface area (TPSA) is 51.0 Å². The lowest BCUT2D eigenvalue weighted by Gasteiger charge is -2.35. The highest BCUT2D eigenvalue weighted by molar-refractivity contribution is 9.10. The summed E-state index contributed by atoms with van der Waals surface area (Å²) in [5, 5.41) is 0.587. The van der Waals surface area contributed by atoms with Gasteiger partial charge in [0.15, 0.2) is 5.65 Å². The molecule has 0 N–H and O–H groups in total. The molecule has 1 unspecified atom stereocenters. The van der Waals surface area contributed by atoms with E-state index in [4.69, 9.17) is 4.98 Å². The van der Waals surface area contributed by atoms with Gasteiger partial charge in [0, 0.05) is 17.2 Å². The quantitative estimate of drug-likeness (QED) is 0.773. The first kappa shape index (κ1) is 17.5. The highest BCUT2D eigenvalue weighted by atomic mass is 79.9. The van der Waals surface area contributed by atoms with Crippen LogP contribution in [-0.2, 0) is 6.54 Å². The van der Waals surface area contributed by atoms with E-state index in [2.05, 4.69) is 32.7 Å². The molecule has 2 aromatic rings. The van der Waals surface area contributed by atoms with Crippen molar-refractivity contribution in [1.82, 2.24) is 19.4 Å². The smallest absolute Gasteiger partial charge is 0.263 e. The molecule has 1 fully saturated rings. The van der Waals surface area contributed by atoms with Crippen LogP contribution in [-0.4, -0.2) is 32.5 Å². The van der Waals surface area contributed by atoms with Crippen molar-refractivity contribution in [3.05, 3.63) is 32.9 Å². The number of hydrogen-bond acceptors (Lipinski definition) is 4. The van der Waals surface area contributed by atoms with Gasteiger partial charge in [-0.2, -0.15) is 0 Å². The van der Waals surface area contributed by atoms with E-state index in [1.54, 1.807) is 6.20 Å². The molecule has 130 valence electrons. The number of likely N-dealkylation sites (tertiary alicyclic amines) is 1. The van der Waals surface area contributed by atoms with E-state index in [1.807, 2.05) is 17.6 Å². The van der Waals surface area contributed by atoms with Crippen LogP contribution in [0.15, 0.2) is 21.5 Å². The van der Waals surface area contributed by atoms with Crippen LogP contribution in [0.1, 0.15) is 57.8 Å². The number of nitrogens with zero attached hydrogens (tertiary/aromatic N) is 4. The van der Waals surface area contributed by atoms with Crippen LogP contribution in [0, 0.1) is 0 Å². The lowest BCUT2D eigenvalue weighted by molar-refractivity contribution is 0.144. The summed E-state index contributed by atoms with van der Waals surface area (Å²) in [7, 11) is 0. The molecule has 24 heavy (non-hydrogen) atoms. The molecule has 1 aliphatic rings.